The van der Waals surface area contributed by atoms with Gasteiger partial charge >= 0.3 is 0 Å². The van der Waals surface area contributed by atoms with Crippen LogP contribution in [0.1, 0.15) is 0 Å². The molecular weight excluding hydrogens is 80.0 g/mol. The van der Waals surface area contributed by atoms with Crippen LogP contribution in [0.5, 0.6) is 0 Å². The van der Waals surface area contributed by atoms with E-state index in [1.54, 1.807) is 0 Å². The smallest absolute Gasteiger partial charge is 0.145 e. The molecule has 6 heavy (non-hydrogen) atoms. The summed E-state index contributed by atoms with van der Waals surface area (Å²) < 4.78 is 0. The van der Waals surface area contributed by atoms with E-state index in [1.165, 1.54) is 6.08 Å². The van der Waals surface area contributed by atoms with Gasteiger partial charge in [0, 0.05) is 0 Å². The van der Waals surface area contributed by atoms with Crippen LogP contribution in [0.4, 0.5) is 0 Å². The van der Waals surface area contributed by atoms with Crippen molar-refractivity contribution in [3.05, 3.63) is 12.7 Å². The Morgan fingerprint density at radius 2 is 2.33 bits per heavy atom. The quantitative estimate of drug-likeness (QED) is 0.268. The number of nitrogens with two attached hydrogens (primary N) is 2. The molecule has 4 N–H and O–H groups in total. The van der Waals surface area contributed by atoms with E-state index in [0.29, 0.717) is 0 Å². The Kier molecular flexibility index (Phi) is 2.66. The number of hydrogen-bond acceptors (Lipinski definition) is 3. The molecule has 0 spiro atoms. The molecule has 1 unspecified atom stereocenters. The zero-order valence-corrected chi connectivity index (χ0v) is 3.42. The maximum Gasteiger partial charge on any atom is 0.145 e. The first-order valence-corrected chi connectivity index (χ1v) is 1.55. The molecule has 1 atom stereocenters. The third-order valence-electron chi connectivity index (χ3n) is 0.389. The molecule has 0 rings (SSSR count). The van der Waals surface area contributed by atoms with Gasteiger partial charge in [-0.25, -0.2) is 5.90 Å². The van der Waals surface area contributed by atoms with Crippen molar-refractivity contribution in [2.45, 2.75) is 6.23 Å². The largest absolute Gasteiger partial charge is 0.301 e. The molecule has 0 aliphatic carbocycles. The first-order valence-electron chi connectivity index (χ1n) is 1.55. The Balaban J connectivity index is 2.96. The van der Waals surface area contributed by atoms with E-state index >= 15 is 0 Å². The summed E-state index contributed by atoms with van der Waals surface area (Å²) in [5.41, 5.74) is 5.01. The van der Waals surface area contributed by atoms with E-state index in [9.17, 15) is 0 Å². The first-order chi connectivity index (χ1) is 2.81. The molecule has 0 aromatic rings. The molecule has 0 heterocycles. The van der Waals surface area contributed by atoms with Crippen LogP contribution in [0.3, 0.4) is 0 Å². The highest BCUT2D eigenvalue weighted by molar-refractivity contribution is 4.72. The van der Waals surface area contributed by atoms with E-state index in [1.807, 2.05) is 0 Å². The molecule has 0 aliphatic heterocycles. The molecule has 0 saturated heterocycles. The Hall–Kier alpha value is -0.380. The predicted octanol–water partition coefficient (Wildman–Crippen LogP) is -0.652. The fourth-order valence-electron chi connectivity index (χ4n) is 0.0556. The average molecular weight is 88.1 g/mol. The topological polar surface area (TPSA) is 61.3 Å². The van der Waals surface area contributed by atoms with E-state index in [0.717, 1.165) is 0 Å². The number of rotatable bonds is 2. The normalized spacial score (nSPS) is 13.7. The van der Waals surface area contributed by atoms with Crippen molar-refractivity contribution in [3.8, 4) is 0 Å². The minimum absolute atomic E-state index is 0.523. The molecular formula is C3H8N2O. The zero-order valence-electron chi connectivity index (χ0n) is 3.42. The summed E-state index contributed by atoms with van der Waals surface area (Å²) in [4.78, 5) is 4.06. The van der Waals surface area contributed by atoms with Gasteiger partial charge in [-0.05, 0) is 6.08 Å². The van der Waals surface area contributed by atoms with Crippen molar-refractivity contribution < 1.29 is 4.84 Å². The monoisotopic (exact) mass is 88.1 g/mol. The van der Waals surface area contributed by atoms with Crippen LogP contribution in [0, 0.1) is 0 Å². The van der Waals surface area contributed by atoms with Gasteiger partial charge in [0.1, 0.15) is 6.23 Å². The summed E-state index contributed by atoms with van der Waals surface area (Å²) >= 11 is 0. The lowest BCUT2D eigenvalue weighted by molar-refractivity contribution is 0.0915. The van der Waals surface area contributed by atoms with Gasteiger partial charge in [-0.3, -0.25) is 4.84 Å². The molecule has 0 aromatic heterocycles. The van der Waals surface area contributed by atoms with Gasteiger partial charge in [0.2, 0.25) is 0 Å². The van der Waals surface area contributed by atoms with Gasteiger partial charge in [0.05, 0.1) is 0 Å². The van der Waals surface area contributed by atoms with Crippen LogP contribution in [0.25, 0.3) is 0 Å². The lowest BCUT2D eigenvalue weighted by Gasteiger charge is -1.96. The van der Waals surface area contributed by atoms with Crippen molar-refractivity contribution in [3.63, 3.8) is 0 Å². The molecule has 0 aliphatic rings. The van der Waals surface area contributed by atoms with Gasteiger partial charge in [-0.1, -0.05) is 6.58 Å². The molecule has 36 valence electrons. The van der Waals surface area contributed by atoms with Crippen LogP contribution < -0.4 is 11.6 Å². The Morgan fingerprint density at radius 3 is 2.33 bits per heavy atom. The van der Waals surface area contributed by atoms with Crippen LogP contribution in [0.15, 0.2) is 12.7 Å². The summed E-state index contributed by atoms with van der Waals surface area (Å²) in [6.07, 6.45) is 0.880. The minimum Gasteiger partial charge on any atom is -0.301 e. The summed E-state index contributed by atoms with van der Waals surface area (Å²) in [5.74, 6) is 4.59. The highest BCUT2D eigenvalue weighted by Gasteiger charge is 1.84. The Bertz CT molecular complexity index is 46.1. The van der Waals surface area contributed by atoms with Crippen molar-refractivity contribution in [2.75, 3.05) is 0 Å². The van der Waals surface area contributed by atoms with Gasteiger partial charge in [0.15, 0.2) is 0 Å². The van der Waals surface area contributed by atoms with E-state index in [4.69, 9.17) is 5.73 Å². The van der Waals surface area contributed by atoms with Gasteiger partial charge in [0.25, 0.3) is 0 Å². The fourth-order valence-corrected chi connectivity index (χ4v) is 0.0556. The SMILES string of the molecule is C=CC(N)ON. The molecule has 0 amide bonds. The van der Waals surface area contributed by atoms with Crippen molar-refractivity contribution in [1.82, 2.24) is 0 Å². The summed E-state index contributed by atoms with van der Waals surface area (Å²) in [6, 6.07) is 0. The van der Waals surface area contributed by atoms with Crippen LogP contribution in [0.2, 0.25) is 0 Å². The summed E-state index contributed by atoms with van der Waals surface area (Å²) in [6.45, 7) is 3.30. The van der Waals surface area contributed by atoms with Crippen molar-refractivity contribution in [2.24, 2.45) is 11.6 Å². The fraction of sp³-hybridized carbons (Fsp3) is 0.333. The highest BCUT2D eigenvalue weighted by Crippen LogP contribution is 1.70. The molecule has 0 bridgehead atoms. The van der Waals surface area contributed by atoms with Gasteiger partial charge in [-0.15, -0.1) is 0 Å². The standard InChI is InChI=1S/C3H8N2O/c1-2-3(4)6-5/h2-3H,1,4-5H2. The van der Waals surface area contributed by atoms with Gasteiger partial charge < -0.3 is 5.73 Å². The molecule has 3 heteroatoms. The lowest BCUT2D eigenvalue weighted by atomic mass is 10.6. The highest BCUT2D eigenvalue weighted by atomic mass is 16.6. The second-order valence-electron chi connectivity index (χ2n) is 0.836. The van der Waals surface area contributed by atoms with Crippen molar-refractivity contribution >= 4 is 0 Å². The minimum atomic E-state index is -0.523. The van der Waals surface area contributed by atoms with E-state index in [-0.39, 0.29) is 0 Å². The van der Waals surface area contributed by atoms with Crippen molar-refractivity contribution in [1.29, 1.82) is 0 Å². The second kappa shape index (κ2) is 2.84. The first kappa shape index (κ1) is 5.62. The van der Waals surface area contributed by atoms with Crippen LogP contribution in [-0.4, -0.2) is 6.23 Å². The Labute approximate surface area is 36.5 Å². The lowest BCUT2D eigenvalue weighted by Crippen LogP contribution is -2.23. The molecule has 0 saturated carbocycles. The van der Waals surface area contributed by atoms with Crippen LogP contribution >= 0.6 is 0 Å². The van der Waals surface area contributed by atoms with E-state index < -0.39 is 6.23 Å². The zero-order chi connectivity index (χ0) is 4.99. The number of hydrogen-bond donors (Lipinski definition) is 2. The molecule has 3 nitrogen and oxygen atoms in total. The maximum absolute atomic E-state index is 5.01. The third-order valence-corrected chi connectivity index (χ3v) is 0.389. The van der Waals surface area contributed by atoms with Crippen LogP contribution in [-0.2, 0) is 4.84 Å². The summed E-state index contributed by atoms with van der Waals surface area (Å²) in [7, 11) is 0. The molecule has 0 aromatic carbocycles. The van der Waals surface area contributed by atoms with E-state index in [2.05, 4.69) is 17.3 Å². The molecule has 0 radical (unpaired) electrons. The third kappa shape index (κ3) is 1.90. The molecule has 0 fully saturated rings. The predicted molar refractivity (Wildman–Crippen MR) is 23.4 cm³/mol. The second-order valence-corrected chi connectivity index (χ2v) is 0.836. The van der Waals surface area contributed by atoms with Gasteiger partial charge in [-0.2, -0.15) is 0 Å². The Morgan fingerprint density at radius 1 is 1.83 bits per heavy atom. The summed E-state index contributed by atoms with van der Waals surface area (Å²) in [5, 5.41) is 0. The maximum atomic E-state index is 5.01. The average Bonchev–Trinajstić information content (AvgIpc) is 1.65.